The molecule has 0 aliphatic rings. The normalized spacial score (nSPS) is 11.1. The van der Waals surface area contributed by atoms with E-state index in [0.29, 0.717) is 40.3 Å². The zero-order chi connectivity index (χ0) is 23.5. The first-order valence-electron chi connectivity index (χ1n) is 10.8. The Labute approximate surface area is 199 Å². The van der Waals surface area contributed by atoms with Crippen molar-refractivity contribution < 1.29 is 9.21 Å². The number of fused-ring (bicyclic) bond motifs is 2. The Kier molecular flexibility index (Phi) is 6.02. The van der Waals surface area contributed by atoms with Crippen LogP contribution in [0.25, 0.3) is 21.8 Å². The Morgan fingerprint density at radius 1 is 1.06 bits per heavy atom. The molecule has 3 heterocycles. The third-order valence-electron chi connectivity index (χ3n) is 5.61. The van der Waals surface area contributed by atoms with Gasteiger partial charge in [-0.25, -0.2) is 4.98 Å². The predicted octanol–water partition coefficient (Wildman–Crippen LogP) is 4.88. The average molecular weight is 469 g/mol. The summed E-state index contributed by atoms with van der Waals surface area (Å²) in [6, 6.07) is 20.6. The minimum atomic E-state index is -0.176. The van der Waals surface area contributed by atoms with Crippen LogP contribution in [-0.2, 0) is 13.1 Å². The van der Waals surface area contributed by atoms with Crippen LogP contribution in [0.2, 0.25) is 0 Å². The average Bonchev–Trinajstić information content (AvgIpc) is 3.51. The molecule has 5 rings (SSSR count). The summed E-state index contributed by atoms with van der Waals surface area (Å²) in [6.45, 7) is 0.750. The number of carbonyl (C=O) groups is 1. The minimum absolute atomic E-state index is 0.0659. The number of aryl methyl sites for hydroxylation is 1. The number of Topliss-reactive ketones (excluding diaryl/α,β-unsaturated/α-hetero) is 1. The zero-order valence-electron chi connectivity index (χ0n) is 18.2. The lowest BCUT2D eigenvalue weighted by atomic mass is 10.1. The van der Waals surface area contributed by atoms with Gasteiger partial charge in [0.05, 0.1) is 42.0 Å². The molecule has 3 aromatic heterocycles. The summed E-state index contributed by atoms with van der Waals surface area (Å²) in [5.41, 5.74) is 1.93. The Morgan fingerprint density at radius 3 is 2.65 bits per heavy atom. The molecule has 0 amide bonds. The summed E-state index contributed by atoms with van der Waals surface area (Å²) in [4.78, 5) is 31.2. The molecule has 0 aliphatic heterocycles. The number of hydrogen-bond acceptors (Lipinski definition) is 6. The van der Waals surface area contributed by atoms with Crippen LogP contribution in [0.5, 0.6) is 0 Å². The van der Waals surface area contributed by atoms with Gasteiger partial charge in [-0.3, -0.25) is 14.2 Å². The number of benzene rings is 2. The fraction of sp³-hybridized carbons (Fsp3) is 0.154. The van der Waals surface area contributed by atoms with Crippen molar-refractivity contribution in [2.75, 3.05) is 5.75 Å². The number of furan rings is 1. The number of para-hydroxylation sites is 2. The maximum atomic E-state index is 13.3. The fourth-order valence-electron chi connectivity index (χ4n) is 3.99. The second-order valence-corrected chi connectivity index (χ2v) is 8.70. The molecular weight excluding hydrogens is 448 g/mol. The first-order valence-corrected chi connectivity index (χ1v) is 11.8. The summed E-state index contributed by atoms with van der Waals surface area (Å²) in [5.74, 6) is 0.687. The van der Waals surface area contributed by atoms with Crippen LogP contribution in [-0.4, -0.2) is 25.7 Å². The number of thioether (sulfide) groups is 1. The Bertz CT molecular complexity index is 1590. The maximum absolute atomic E-state index is 13.3. The lowest BCUT2D eigenvalue weighted by Crippen LogP contribution is -2.24. The number of nitriles is 1. The molecular formula is C26H20N4O3S. The molecule has 8 heteroatoms. The molecule has 0 unspecified atom stereocenters. The number of ketones is 1. The molecule has 0 saturated heterocycles. The molecule has 0 spiro atoms. The van der Waals surface area contributed by atoms with Gasteiger partial charge in [0.2, 0.25) is 0 Å². The molecule has 5 aromatic rings. The smallest absolute Gasteiger partial charge is 0.262 e. The van der Waals surface area contributed by atoms with Crippen molar-refractivity contribution in [1.82, 2.24) is 14.1 Å². The molecule has 0 N–H and O–H groups in total. The van der Waals surface area contributed by atoms with Crippen LogP contribution in [0.4, 0.5) is 0 Å². The largest absolute Gasteiger partial charge is 0.467 e. The van der Waals surface area contributed by atoms with Gasteiger partial charge in [0.25, 0.3) is 5.56 Å². The van der Waals surface area contributed by atoms with Gasteiger partial charge in [0, 0.05) is 29.2 Å². The van der Waals surface area contributed by atoms with Gasteiger partial charge >= 0.3 is 0 Å². The summed E-state index contributed by atoms with van der Waals surface area (Å²) in [5, 5.41) is 10.8. The topological polar surface area (TPSA) is 93.8 Å². The van der Waals surface area contributed by atoms with Crippen molar-refractivity contribution in [3.8, 4) is 6.07 Å². The standard InChI is InChI=1S/C26H20N4O3S/c27-12-6-13-29-16-21(19-8-2-4-11-23(19)29)24(31)17-34-26-28-22-10-3-1-9-20(22)25(32)30(26)15-18-7-5-14-33-18/h1-5,7-11,14,16H,6,13,15,17H2. The van der Waals surface area contributed by atoms with Crippen LogP contribution in [0.1, 0.15) is 22.5 Å². The lowest BCUT2D eigenvalue weighted by molar-refractivity contribution is 0.102. The summed E-state index contributed by atoms with van der Waals surface area (Å²) < 4.78 is 8.94. The van der Waals surface area contributed by atoms with E-state index in [1.807, 2.05) is 41.1 Å². The van der Waals surface area contributed by atoms with E-state index in [1.54, 1.807) is 41.2 Å². The second kappa shape index (κ2) is 9.41. The lowest BCUT2D eigenvalue weighted by Gasteiger charge is -2.11. The van der Waals surface area contributed by atoms with E-state index in [2.05, 4.69) is 11.1 Å². The third-order valence-corrected chi connectivity index (χ3v) is 6.58. The van der Waals surface area contributed by atoms with Crippen molar-refractivity contribution in [2.24, 2.45) is 0 Å². The molecule has 0 aliphatic carbocycles. The Hall–Kier alpha value is -4.09. The summed E-state index contributed by atoms with van der Waals surface area (Å²) >= 11 is 1.24. The van der Waals surface area contributed by atoms with E-state index in [4.69, 9.17) is 9.68 Å². The highest BCUT2D eigenvalue weighted by molar-refractivity contribution is 7.99. The van der Waals surface area contributed by atoms with Gasteiger partial charge in [-0.15, -0.1) is 0 Å². The van der Waals surface area contributed by atoms with Gasteiger partial charge in [0.15, 0.2) is 10.9 Å². The van der Waals surface area contributed by atoms with Gasteiger partial charge in [-0.05, 0) is 30.3 Å². The van der Waals surface area contributed by atoms with Gasteiger partial charge in [0.1, 0.15) is 5.76 Å². The van der Waals surface area contributed by atoms with E-state index in [0.717, 1.165) is 10.9 Å². The first kappa shape index (κ1) is 21.7. The van der Waals surface area contributed by atoms with Crippen LogP contribution < -0.4 is 5.56 Å². The van der Waals surface area contributed by atoms with Crippen molar-refractivity contribution in [1.29, 1.82) is 5.26 Å². The van der Waals surface area contributed by atoms with Crippen molar-refractivity contribution >= 4 is 39.4 Å². The highest BCUT2D eigenvalue weighted by atomic mass is 32.2. The van der Waals surface area contributed by atoms with Gasteiger partial charge in [-0.2, -0.15) is 5.26 Å². The predicted molar refractivity (Wildman–Crippen MR) is 131 cm³/mol. The second-order valence-electron chi connectivity index (χ2n) is 7.76. The Morgan fingerprint density at radius 2 is 1.85 bits per heavy atom. The molecule has 168 valence electrons. The van der Waals surface area contributed by atoms with Crippen LogP contribution in [0, 0.1) is 11.3 Å². The van der Waals surface area contributed by atoms with Crippen molar-refractivity contribution in [3.05, 3.63) is 94.8 Å². The SMILES string of the molecule is N#CCCn1cc(C(=O)CSc2nc3ccccc3c(=O)n2Cc2ccco2)c2ccccc21. The number of carbonyl (C=O) groups excluding carboxylic acids is 1. The molecule has 0 atom stereocenters. The van der Waals surface area contributed by atoms with Crippen LogP contribution in [0.3, 0.4) is 0 Å². The Balaban J connectivity index is 1.48. The highest BCUT2D eigenvalue weighted by Gasteiger charge is 2.18. The zero-order valence-corrected chi connectivity index (χ0v) is 19.0. The molecule has 0 radical (unpaired) electrons. The van der Waals surface area contributed by atoms with E-state index >= 15 is 0 Å². The molecule has 0 saturated carbocycles. The molecule has 34 heavy (non-hydrogen) atoms. The van der Waals surface area contributed by atoms with E-state index in [9.17, 15) is 9.59 Å². The van der Waals surface area contributed by atoms with Crippen LogP contribution >= 0.6 is 11.8 Å². The number of nitrogens with zero attached hydrogens (tertiary/aromatic N) is 4. The van der Waals surface area contributed by atoms with Gasteiger partial charge < -0.3 is 8.98 Å². The van der Waals surface area contributed by atoms with E-state index in [1.165, 1.54) is 11.8 Å². The summed E-state index contributed by atoms with van der Waals surface area (Å²) in [7, 11) is 0. The minimum Gasteiger partial charge on any atom is -0.467 e. The summed E-state index contributed by atoms with van der Waals surface area (Å²) in [6.07, 6.45) is 3.74. The van der Waals surface area contributed by atoms with E-state index < -0.39 is 0 Å². The quantitative estimate of drug-likeness (QED) is 0.183. The van der Waals surface area contributed by atoms with Gasteiger partial charge in [-0.1, -0.05) is 42.1 Å². The van der Waals surface area contributed by atoms with Crippen LogP contribution in [0.15, 0.2) is 87.5 Å². The molecule has 2 aromatic carbocycles. The van der Waals surface area contributed by atoms with Crippen molar-refractivity contribution in [2.45, 2.75) is 24.7 Å². The van der Waals surface area contributed by atoms with E-state index in [-0.39, 0.29) is 23.6 Å². The molecule has 7 nitrogen and oxygen atoms in total. The maximum Gasteiger partial charge on any atom is 0.262 e. The number of aromatic nitrogens is 3. The number of hydrogen-bond donors (Lipinski definition) is 0. The molecule has 0 bridgehead atoms. The monoisotopic (exact) mass is 468 g/mol. The third kappa shape index (κ3) is 4.14. The highest BCUT2D eigenvalue weighted by Crippen LogP contribution is 2.25. The van der Waals surface area contributed by atoms with Crippen molar-refractivity contribution in [3.63, 3.8) is 0 Å². The number of rotatable bonds is 8. The first-order chi connectivity index (χ1) is 16.7. The molecule has 0 fully saturated rings. The fourth-order valence-corrected chi connectivity index (χ4v) is 4.87.